The van der Waals surface area contributed by atoms with Crippen LogP contribution in [-0.4, -0.2) is 48.9 Å². The second-order valence-corrected chi connectivity index (χ2v) is 5.59. The van der Waals surface area contributed by atoms with E-state index in [1.54, 1.807) is 36.4 Å². The first kappa shape index (κ1) is 19.5. The fraction of sp³-hybridized carbons (Fsp3) is 0.200. The first-order chi connectivity index (χ1) is 12.5. The highest BCUT2D eigenvalue weighted by molar-refractivity contribution is 5.80. The molecule has 0 amide bonds. The number of allylic oxidation sites excluding steroid dienone is 5. The van der Waals surface area contributed by atoms with Crippen molar-refractivity contribution in [1.29, 1.82) is 0 Å². The largest absolute Gasteiger partial charge is 0.497 e. The lowest BCUT2D eigenvalue weighted by Crippen LogP contribution is -2.45. The Morgan fingerprint density at radius 2 is 1.73 bits per heavy atom. The first-order valence-corrected chi connectivity index (χ1v) is 7.81. The Bertz CT molecular complexity index is 799. The van der Waals surface area contributed by atoms with Crippen molar-refractivity contribution in [3.05, 3.63) is 65.3 Å². The molecule has 1 aromatic carbocycles. The third-order valence-corrected chi connectivity index (χ3v) is 3.91. The molecule has 0 fully saturated rings. The molecule has 136 valence electrons. The second kappa shape index (κ2) is 8.53. The highest BCUT2D eigenvalue weighted by Gasteiger charge is 2.41. The van der Waals surface area contributed by atoms with Crippen LogP contribution in [0.5, 0.6) is 5.75 Å². The van der Waals surface area contributed by atoms with Crippen molar-refractivity contribution in [2.24, 2.45) is 0 Å². The van der Waals surface area contributed by atoms with Gasteiger partial charge in [-0.05, 0) is 59.2 Å². The Hall–Kier alpha value is -2.80. The van der Waals surface area contributed by atoms with Gasteiger partial charge in [-0.15, -0.1) is 0 Å². The molecule has 2 rings (SSSR count). The fourth-order valence-electron chi connectivity index (χ4n) is 2.69. The molecular formula is C20H20O6. The van der Waals surface area contributed by atoms with Gasteiger partial charge in [-0.3, -0.25) is 9.59 Å². The van der Waals surface area contributed by atoms with Gasteiger partial charge in [0.2, 0.25) is 5.79 Å². The molecule has 1 aromatic rings. The number of hydrogen-bond donors (Lipinski definition) is 2. The molecule has 2 N–H and O–H groups in total. The van der Waals surface area contributed by atoms with Crippen LogP contribution in [0.3, 0.4) is 0 Å². The molecule has 0 radical (unpaired) electrons. The molecule has 6 nitrogen and oxygen atoms in total. The lowest BCUT2D eigenvalue weighted by molar-refractivity contribution is -0.174. The highest BCUT2D eigenvalue weighted by Crippen LogP contribution is 2.37. The van der Waals surface area contributed by atoms with Gasteiger partial charge in [-0.1, -0.05) is 12.2 Å². The molecule has 0 spiro atoms. The van der Waals surface area contributed by atoms with Crippen molar-refractivity contribution in [3.63, 3.8) is 0 Å². The smallest absolute Gasteiger partial charge is 0.221 e. The number of benzene rings is 1. The number of ether oxygens (including phenoxy) is 2. The summed E-state index contributed by atoms with van der Waals surface area (Å²) in [6.07, 6.45) is 9.06. The van der Waals surface area contributed by atoms with E-state index < -0.39 is 11.9 Å². The van der Waals surface area contributed by atoms with E-state index in [9.17, 15) is 19.8 Å². The van der Waals surface area contributed by atoms with Crippen molar-refractivity contribution >= 4 is 24.2 Å². The van der Waals surface area contributed by atoms with Crippen molar-refractivity contribution < 1.29 is 29.3 Å². The van der Waals surface area contributed by atoms with Crippen LogP contribution in [0.25, 0.3) is 11.6 Å². The molecular weight excluding hydrogens is 336 g/mol. The van der Waals surface area contributed by atoms with Crippen LogP contribution in [-0.2, 0) is 14.3 Å². The summed E-state index contributed by atoms with van der Waals surface area (Å²) in [4.78, 5) is 21.2. The van der Waals surface area contributed by atoms with Crippen LogP contribution >= 0.6 is 0 Å². The fourth-order valence-corrected chi connectivity index (χ4v) is 2.69. The van der Waals surface area contributed by atoms with Gasteiger partial charge in [-0.25, -0.2) is 0 Å². The van der Waals surface area contributed by atoms with Crippen LogP contribution in [0, 0.1) is 0 Å². The number of hydrogen-bond acceptors (Lipinski definition) is 6. The minimum absolute atomic E-state index is 0.178. The Morgan fingerprint density at radius 3 is 2.35 bits per heavy atom. The number of carbonyl (C=O) groups excluding carboxylic acids is 2. The molecule has 26 heavy (non-hydrogen) atoms. The highest BCUT2D eigenvalue weighted by atomic mass is 16.6. The summed E-state index contributed by atoms with van der Waals surface area (Å²) in [6, 6.07) is 5.04. The zero-order valence-corrected chi connectivity index (χ0v) is 14.5. The van der Waals surface area contributed by atoms with Crippen LogP contribution in [0.15, 0.2) is 54.2 Å². The van der Waals surface area contributed by atoms with E-state index in [4.69, 9.17) is 9.47 Å². The molecule has 0 saturated heterocycles. The Morgan fingerprint density at radius 1 is 1.04 bits per heavy atom. The summed E-state index contributed by atoms with van der Waals surface area (Å²) in [5.41, 5.74) is 1.89. The third-order valence-electron chi connectivity index (χ3n) is 3.91. The summed E-state index contributed by atoms with van der Waals surface area (Å²) in [7, 11) is 2.85. The Labute approximate surface area is 151 Å². The van der Waals surface area contributed by atoms with Crippen LogP contribution in [0.2, 0.25) is 0 Å². The number of rotatable bonds is 7. The van der Waals surface area contributed by atoms with Gasteiger partial charge in [0.1, 0.15) is 24.4 Å². The van der Waals surface area contributed by atoms with Crippen molar-refractivity contribution in [3.8, 4) is 5.75 Å². The number of carbonyl (C=O) groups is 2. The predicted octanol–water partition coefficient (Wildman–Crippen LogP) is 1.68. The lowest BCUT2D eigenvalue weighted by atomic mass is 9.85. The Kier molecular flexibility index (Phi) is 6.41. The quantitative estimate of drug-likeness (QED) is 0.439. The molecule has 6 heteroatoms. The maximum atomic E-state index is 10.6. The normalized spacial score (nSPS) is 19.3. The zero-order chi connectivity index (χ0) is 19.2. The van der Waals surface area contributed by atoms with Crippen LogP contribution < -0.4 is 4.74 Å². The second-order valence-electron chi connectivity index (χ2n) is 5.59. The molecule has 1 atom stereocenters. The van der Waals surface area contributed by atoms with E-state index in [-0.39, 0.29) is 5.57 Å². The van der Waals surface area contributed by atoms with E-state index in [1.165, 1.54) is 32.4 Å². The van der Waals surface area contributed by atoms with Crippen molar-refractivity contribution in [2.75, 3.05) is 14.2 Å². The van der Waals surface area contributed by atoms with Crippen molar-refractivity contribution in [1.82, 2.24) is 0 Å². The number of aliphatic hydroxyl groups is 2. The van der Waals surface area contributed by atoms with E-state index in [0.717, 1.165) is 0 Å². The summed E-state index contributed by atoms with van der Waals surface area (Å²) in [5.74, 6) is -1.80. The Balaban J connectivity index is 2.62. The van der Waals surface area contributed by atoms with Gasteiger partial charge < -0.3 is 19.7 Å². The van der Waals surface area contributed by atoms with E-state index in [1.807, 2.05) is 0 Å². The number of aldehydes is 2. The van der Waals surface area contributed by atoms with E-state index in [0.29, 0.717) is 35.0 Å². The van der Waals surface area contributed by atoms with E-state index >= 15 is 0 Å². The minimum Gasteiger partial charge on any atom is -0.497 e. The standard InChI is InChI=1S/C20H20O6/c1-25-17-10-14(5-3-7-21)9-16(13-17)18-11-15(6-4-8-22)12-19(26-2)20(18,23)24/h3-13,19,23-24H,1-2H3. The number of methoxy groups -OCH3 is 2. The summed E-state index contributed by atoms with van der Waals surface area (Å²) >= 11 is 0. The SMILES string of the molecule is COc1cc(C=CC=O)cc(C2=CC(C=CC=O)=CC(OC)C2(O)O)c1. The van der Waals surface area contributed by atoms with Gasteiger partial charge in [0.05, 0.1) is 7.11 Å². The van der Waals surface area contributed by atoms with Gasteiger partial charge in [-0.2, -0.15) is 0 Å². The molecule has 1 aliphatic carbocycles. The summed E-state index contributed by atoms with van der Waals surface area (Å²) < 4.78 is 10.4. The predicted molar refractivity (Wildman–Crippen MR) is 97.3 cm³/mol. The molecule has 0 bridgehead atoms. The average molecular weight is 356 g/mol. The van der Waals surface area contributed by atoms with Crippen LogP contribution in [0.1, 0.15) is 11.1 Å². The third kappa shape index (κ3) is 4.23. The first-order valence-electron chi connectivity index (χ1n) is 7.81. The molecule has 0 saturated carbocycles. The maximum absolute atomic E-state index is 10.6. The summed E-state index contributed by atoms with van der Waals surface area (Å²) in [5, 5.41) is 21.3. The monoisotopic (exact) mass is 356 g/mol. The van der Waals surface area contributed by atoms with Gasteiger partial charge >= 0.3 is 0 Å². The molecule has 1 unspecified atom stereocenters. The van der Waals surface area contributed by atoms with E-state index in [2.05, 4.69) is 0 Å². The molecule has 0 aromatic heterocycles. The molecule has 0 aliphatic heterocycles. The average Bonchev–Trinajstić information content (AvgIpc) is 2.64. The summed E-state index contributed by atoms with van der Waals surface area (Å²) in [6.45, 7) is 0. The molecule has 0 heterocycles. The zero-order valence-electron chi connectivity index (χ0n) is 14.5. The topological polar surface area (TPSA) is 93.1 Å². The van der Waals surface area contributed by atoms with Crippen molar-refractivity contribution in [2.45, 2.75) is 11.9 Å². The van der Waals surface area contributed by atoms with Crippen LogP contribution in [0.4, 0.5) is 0 Å². The van der Waals surface area contributed by atoms with Gasteiger partial charge in [0.15, 0.2) is 0 Å². The van der Waals surface area contributed by atoms with Gasteiger partial charge in [0, 0.05) is 12.7 Å². The maximum Gasteiger partial charge on any atom is 0.221 e. The molecule has 1 aliphatic rings. The lowest BCUT2D eigenvalue weighted by Gasteiger charge is -2.34. The van der Waals surface area contributed by atoms with Gasteiger partial charge in [0.25, 0.3) is 0 Å². The minimum atomic E-state index is -2.29.